The van der Waals surface area contributed by atoms with E-state index in [1.54, 1.807) is 0 Å². The van der Waals surface area contributed by atoms with Crippen LogP contribution >= 0.6 is 0 Å². The number of rotatable bonds is 3. The molecule has 12 heavy (non-hydrogen) atoms. The Morgan fingerprint density at radius 2 is 1.92 bits per heavy atom. The molecule has 1 saturated carbocycles. The lowest BCUT2D eigenvalue weighted by Gasteiger charge is -2.39. The van der Waals surface area contributed by atoms with Crippen LogP contribution in [0.25, 0.3) is 0 Å². The topological polar surface area (TPSA) is 37.4 Å². The minimum Gasteiger partial charge on any atom is -0.300 e. The number of nitrogens with zero attached hydrogens (tertiary/aromatic N) is 1. The summed E-state index contributed by atoms with van der Waals surface area (Å²) in [5.74, 6) is 0.802. The van der Waals surface area contributed by atoms with Gasteiger partial charge in [0.2, 0.25) is 0 Å². The van der Waals surface area contributed by atoms with Crippen molar-refractivity contribution in [2.24, 2.45) is 5.92 Å². The highest BCUT2D eigenvalue weighted by molar-refractivity contribution is 7.90. The normalized spacial score (nSPS) is 27.1. The number of hydrogen-bond donors (Lipinski definition) is 0. The molecule has 0 aromatic heterocycles. The van der Waals surface area contributed by atoms with Crippen molar-refractivity contribution in [1.29, 1.82) is 0 Å². The van der Waals surface area contributed by atoms with E-state index in [4.69, 9.17) is 0 Å². The summed E-state index contributed by atoms with van der Waals surface area (Å²) in [6, 6.07) is 0.806. The van der Waals surface area contributed by atoms with Crippen LogP contribution in [-0.4, -0.2) is 44.5 Å². The molecule has 1 saturated heterocycles. The Hall–Kier alpha value is -0.0900. The maximum atomic E-state index is 10.9. The van der Waals surface area contributed by atoms with Crippen molar-refractivity contribution in [2.45, 2.75) is 18.9 Å². The lowest BCUT2D eigenvalue weighted by Crippen LogP contribution is -2.50. The summed E-state index contributed by atoms with van der Waals surface area (Å²) >= 11 is 0. The SMILES string of the molecule is CS(=O)(=O)CC1CN(C2CC2)C1. The summed E-state index contributed by atoms with van der Waals surface area (Å²) in [5, 5.41) is 0. The molecule has 1 aliphatic carbocycles. The summed E-state index contributed by atoms with van der Waals surface area (Å²) < 4.78 is 21.8. The molecule has 0 amide bonds. The van der Waals surface area contributed by atoms with Crippen LogP contribution in [0.5, 0.6) is 0 Å². The Morgan fingerprint density at radius 1 is 1.33 bits per heavy atom. The highest BCUT2D eigenvalue weighted by Crippen LogP contribution is 2.32. The lowest BCUT2D eigenvalue weighted by molar-refractivity contribution is 0.106. The van der Waals surface area contributed by atoms with E-state index in [9.17, 15) is 8.42 Å². The fraction of sp³-hybridized carbons (Fsp3) is 1.00. The van der Waals surface area contributed by atoms with Gasteiger partial charge in [0.15, 0.2) is 0 Å². The second-order valence-corrected chi connectivity index (χ2v) is 6.33. The molecule has 0 spiro atoms. The van der Waals surface area contributed by atoms with Crippen LogP contribution in [0.2, 0.25) is 0 Å². The maximum Gasteiger partial charge on any atom is 0.147 e. The molecule has 2 rings (SSSR count). The second-order valence-electron chi connectivity index (χ2n) is 4.14. The molecule has 4 heteroatoms. The van der Waals surface area contributed by atoms with Gasteiger partial charge in [-0.15, -0.1) is 0 Å². The van der Waals surface area contributed by atoms with Gasteiger partial charge in [0.05, 0.1) is 5.75 Å². The van der Waals surface area contributed by atoms with Gasteiger partial charge in [0.1, 0.15) is 9.84 Å². The van der Waals surface area contributed by atoms with Crippen molar-refractivity contribution in [2.75, 3.05) is 25.1 Å². The van der Waals surface area contributed by atoms with E-state index in [0.717, 1.165) is 19.1 Å². The number of hydrogen-bond acceptors (Lipinski definition) is 3. The van der Waals surface area contributed by atoms with Crippen LogP contribution in [0, 0.1) is 5.92 Å². The first-order valence-corrected chi connectivity index (χ1v) is 6.52. The molecular formula is C8H15NO2S. The third-order valence-corrected chi connectivity index (χ3v) is 3.66. The molecule has 2 fully saturated rings. The predicted octanol–water partition coefficient (Wildman–Crippen LogP) is 0.125. The zero-order valence-electron chi connectivity index (χ0n) is 7.36. The monoisotopic (exact) mass is 189 g/mol. The average Bonchev–Trinajstić information content (AvgIpc) is 2.56. The van der Waals surface area contributed by atoms with Gasteiger partial charge >= 0.3 is 0 Å². The van der Waals surface area contributed by atoms with Gasteiger partial charge < -0.3 is 0 Å². The van der Waals surface area contributed by atoms with Gasteiger partial charge in [-0.2, -0.15) is 0 Å². The van der Waals surface area contributed by atoms with Gasteiger partial charge in [-0.25, -0.2) is 8.42 Å². The van der Waals surface area contributed by atoms with E-state index in [1.807, 2.05) is 0 Å². The van der Waals surface area contributed by atoms with Crippen LogP contribution in [0.4, 0.5) is 0 Å². The molecule has 70 valence electrons. The van der Waals surface area contributed by atoms with Crippen LogP contribution in [0.15, 0.2) is 0 Å². The van der Waals surface area contributed by atoms with E-state index in [0.29, 0.717) is 11.7 Å². The fourth-order valence-corrected chi connectivity index (χ4v) is 2.95. The van der Waals surface area contributed by atoms with Gasteiger partial charge in [0.25, 0.3) is 0 Å². The standard InChI is InChI=1S/C8H15NO2S/c1-12(10,11)6-7-4-9(5-7)8-2-3-8/h7-8H,2-6H2,1H3. The molecule has 0 unspecified atom stereocenters. The Morgan fingerprint density at radius 3 is 2.33 bits per heavy atom. The van der Waals surface area contributed by atoms with Crippen LogP contribution < -0.4 is 0 Å². The van der Waals surface area contributed by atoms with E-state index in [-0.39, 0.29) is 0 Å². The Balaban J connectivity index is 1.74. The summed E-state index contributed by atoms with van der Waals surface area (Å²) in [6.07, 6.45) is 3.98. The van der Waals surface area contributed by atoms with Crippen molar-refractivity contribution in [1.82, 2.24) is 4.90 Å². The third kappa shape index (κ3) is 1.98. The van der Waals surface area contributed by atoms with E-state index >= 15 is 0 Å². The van der Waals surface area contributed by atoms with Gasteiger partial charge in [-0.3, -0.25) is 4.90 Å². The molecule has 2 aliphatic rings. The molecule has 0 radical (unpaired) electrons. The molecule has 3 nitrogen and oxygen atoms in total. The predicted molar refractivity (Wildman–Crippen MR) is 47.8 cm³/mol. The molecule has 0 aromatic rings. The Labute approximate surface area is 73.7 Å². The average molecular weight is 189 g/mol. The minimum absolute atomic E-state index is 0.385. The van der Waals surface area contributed by atoms with Gasteiger partial charge in [-0.1, -0.05) is 0 Å². The van der Waals surface area contributed by atoms with Crippen molar-refractivity contribution >= 4 is 9.84 Å². The summed E-state index contributed by atoms with van der Waals surface area (Å²) in [6.45, 7) is 2.02. The Kier molecular flexibility index (Phi) is 1.92. The minimum atomic E-state index is -2.74. The highest BCUT2D eigenvalue weighted by Gasteiger charge is 2.38. The third-order valence-electron chi connectivity index (χ3n) is 2.59. The first-order chi connectivity index (χ1) is 5.54. The van der Waals surface area contributed by atoms with Crippen LogP contribution in [-0.2, 0) is 9.84 Å². The highest BCUT2D eigenvalue weighted by atomic mass is 32.2. The van der Waals surface area contributed by atoms with Crippen molar-refractivity contribution in [3.8, 4) is 0 Å². The Bertz CT molecular complexity index is 263. The molecule has 0 bridgehead atoms. The zero-order valence-corrected chi connectivity index (χ0v) is 8.18. The molecule has 0 N–H and O–H groups in total. The van der Waals surface area contributed by atoms with Gasteiger partial charge in [0, 0.05) is 25.4 Å². The smallest absolute Gasteiger partial charge is 0.147 e. The van der Waals surface area contributed by atoms with E-state index in [2.05, 4.69) is 4.90 Å². The summed E-state index contributed by atoms with van der Waals surface area (Å²) in [5.41, 5.74) is 0. The first kappa shape index (κ1) is 8.51. The molecule has 0 atom stereocenters. The van der Waals surface area contributed by atoms with Crippen molar-refractivity contribution in [3.63, 3.8) is 0 Å². The molecule has 1 heterocycles. The molecular weight excluding hydrogens is 174 g/mol. The van der Waals surface area contributed by atoms with Gasteiger partial charge in [-0.05, 0) is 18.8 Å². The fourth-order valence-electron chi connectivity index (χ4n) is 1.88. The van der Waals surface area contributed by atoms with Crippen molar-refractivity contribution < 1.29 is 8.42 Å². The van der Waals surface area contributed by atoms with Crippen LogP contribution in [0.3, 0.4) is 0 Å². The van der Waals surface area contributed by atoms with E-state index < -0.39 is 9.84 Å². The molecule has 0 aromatic carbocycles. The van der Waals surface area contributed by atoms with Crippen molar-refractivity contribution in [3.05, 3.63) is 0 Å². The second kappa shape index (κ2) is 2.70. The lowest BCUT2D eigenvalue weighted by atomic mass is 10.0. The molecule has 1 aliphatic heterocycles. The maximum absolute atomic E-state index is 10.9. The summed E-state index contributed by atoms with van der Waals surface area (Å²) in [7, 11) is -2.74. The largest absolute Gasteiger partial charge is 0.300 e. The first-order valence-electron chi connectivity index (χ1n) is 4.46. The number of sulfone groups is 1. The quantitative estimate of drug-likeness (QED) is 0.633. The summed E-state index contributed by atoms with van der Waals surface area (Å²) in [4.78, 5) is 2.40. The van der Waals surface area contributed by atoms with E-state index in [1.165, 1.54) is 19.1 Å². The zero-order chi connectivity index (χ0) is 8.77. The van der Waals surface area contributed by atoms with Crippen LogP contribution in [0.1, 0.15) is 12.8 Å². The number of likely N-dealkylation sites (tertiary alicyclic amines) is 1.